The molecule has 292 valence electrons. The van der Waals surface area contributed by atoms with Crippen LogP contribution in [0.3, 0.4) is 0 Å². The molecule has 3 unspecified atom stereocenters. The van der Waals surface area contributed by atoms with Gasteiger partial charge in [-0.1, -0.05) is 167 Å². The van der Waals surface area contributed by atoms with Gasteiger partial charge in [0.1, 0.15) is 0 Å². The van der Waals surface area contributed by atoms with Crippen LogP contribution in [0.5, 0.6) is 0 Å². The van der Waals surface area contributed by atoms with Crippen molar-refractivity contribution in [3.05, 3.63) is 186 Å². The van der Waals surface area contributed by atoms with Gasteiger partial charge in [0.2, 0.25) is 0 Å². The van der Waals surface area contributed by atoms with Gasteiger partial charge in [-0.2, -0.15) is 0 Å². The van der Waals surface area contributed by atoms with E-state index in [2.05, 4.69) is 183 Å². The largest absolute Gasteiger partial charge is 0.310 e. The summed E-state index contributed by atoms with van der Waals surface area (Å²) in [5.41, 5.74) is 19.6. The van der Waals surface area contributed by atoms with Crippen molar-refractivity contribution in [3.8, 4) is 44.5 Å². The van der Waals surface area contributed by atoms with Gasteiger partial charge < -0.3 is 4.90 Å². The highest BCUT2D eigenvalue weighted by Gasteiger charge is 2.41. The fourth-order valence-corrected chi connectivity index (χ4v) is 11.9. The van der Waals surface area contributed by atoms with Gasteiger partial charge in [0.15, 0.2) is 0 Å². The molecule has 11 rings (SSSR count). The Labute approximate surface area is 351 Å². The van der Waals surface area contributed by atoms with Gasteiger partial charge >= 0.3 is 0 Å². The smallest absolute Gasteiger partial charge is 0.0543 e. The van der Waals surface area contributed by atoms with E-state index in [4.69, 9.17) is 0 Å². The Morgan fingerprint density at radius 2 is 1.12 bits per heavy atom. The highest BCUT2D eigenvalue weighted by Crippen LogP contribution is 2.57. The molecule has 0 aromatic heterocycles. The van der Waals surface area contributed by atoms with E-state index < -0.39 is 0 Å². The maximum absolute atomic E-state index is 2.55. The maximum Gasteiger partial charge on any atom is 0.0543 e. The van der Waals surface area contributed by atoms with E-state index in [0.717, 1.165) is 11.8 Å². The van der Waals surface area contributed by atoms with Crippen LogP contribution < -0.4 is 4.90 Å². The van der Waals surface area contributed by atoms with Gasteiger partial charge in [0.05, 0.1) is 5.69 Å². The van der Waals surface area contributed by atoms with Crippen LogP contribution >= 0.6 is 0 Å². The quantitative estimate of drug-likeness (QED) is 0.149. The Morgan fingerprint density at radius 3 is 1.80 bits per heavy atom. The molecule has 4 aliphatic carbocycles. The molecule has 0 saturated heterocycles. The van der Waals surface area contributed by atoms with Crippen molar-refractivity contribution >= 4 is 17.1 Å². The third kappa shape index (κ3) is 6.46. The van der Waals surface area contributed by atoms with Gasteiger partial charge in [-0.25, -0.2) is 0 Å². The molecule has 3 fully saturated rings. The minimum Gasteiger partial charge on any atom is -0.310 e. The lowest BCUT2D eigenvalue weighted by Gasteiger charge is -2.31. The van der Waals surface area contributed by atoms with E-state index >= 15 is 0 Å². The molecule has 2 bridgehead atoms. The number of hydrogen-bond donors (Lipinski definition) is 0. The second-order valence-corrected chi connectivity index (χ2v) is 18.7. The summed E-state index contributed by atoms with van der Waals surface area (Å²) in [6.07, 6.45) is 12.3. The molecule has 0 amide bonds. The van der Waals surface area contributed by atoms with Crippen molar-refractivity contribution in [1.29, 1.82) is 0 Å². The molecule has 1 nitrogen and oxygen atoms in total. The van der Waals surface area contributed by atoms with E-state index in [1.54, 1.807) is 0 Å². The molecule has 59 heavy (non-hydrogen) atoms. The molecule has 7 aromatic rings. The van der Waals surface area contributed by atoms with Crippen LogP contribution in [0.4, 0.5) is 17.1 Å². The third-order valence-electron chi connectivity index (χ3n) is 15.0. The van der Waals surface area contributed by atoms with Crippen LogP contribution in [-0.4, -0.2) is 0 Å². The molecular weight excluding hydrogens is 711 g/mol. The third-order valence-corrected chi connectivity index (χ3v) is 15.0. The van der Waals surface area contributed by atoms with Crippen molar-refractivity contribution in [3.63, 3.8) is 0 Å². The highest BCUT2D eigenvalue weighted by molar-refractivity contribution is 5.98. The SMILES string of the molecule is CC1(C)c2cc(N(c3ccc(-c4cccc(C5CCCCC5)c4)cc3)c3ccc(C4CC5CCC4C5)cc3)c(-c3ccccc3)cc2-c2c(-c3ccccc3)cccc21. The van der Waals surface area contributed by atoms with Crippen molar-refractivity contribution < 1.29 is 0 Å². The number of nitrogens with zero attached hydrogens (tertiary/aromatic N) is 1. The average Bonchev–Trinajstić information content (AvgIpc) is 4.00. The fraction of sp³-hybridized carbons (Fsp3) is 0.276. The van der Waals surface area contributed by atoms with Crippen LogP contribution in [0, 0.1) is 11.8 Å². The first kappa shape index (κ1) is 36.4. The number of anilines is 3. The Morgan fingerprint density at radius 1 is 0.458 bits per heavy atom. The number of fused-ring (bicyclic) bond motifs is 5. The van der Waals surface area contributed by atoms with Crippen molar-refractivity contribution in [1.82, 2.24) is 0 Å². The van der Waals surface area contributed by atoms with E-state index in [9.17, 15) is 0 Å². The van der Waals surface area contributed by atoms with Gasteiger partial charge in [-0.15, -0.1) is 0 Å². The Hall–Kier alpha value is -5.66. The van der Waals surface area contributed by atoms with Gasteiger partial charge in [-0.3, -0.25) is 0 Å². The van der Waals surface area contributed by atoms with Crippen LogP contribution in [0.2, 0.25) is 0 Å². The van der Waals surface area contributed by atoms with Crippen LogP contribution in [0.15, 0.2) is 164 Å². The monoisotopic (exact) mass is 765 g/mol. The summed E-state index contributed by atoms with van der Waals surface area (Å²) in [4.78, 5) is 2.55. The lowest BCUT2D eigenvalue weighted by molar-refractivity contribution is 0.420. The summed E-state index contributed by atoms with van der Waals surface area (Å²) in [6.45, 7) is 4.84. The zero-order chi connectivity index (χ0) is 39.5. The predicted molar refractivity (Wildman–Crippen MR) is 249 cm³/mol. The number of benzene rings is 7. The molecule has 3 atom stereocenters. The van der Waals surface area contributed by atoms with E-state index in [1.807, 2.05) is 0 Å². The van der Waals surface area contributed by atoms with E-state index in [0.29, 0.717) is 11.8 Å². The summed E-state index contributed by atoms with van der Waals surface area (Å²) in [6, 6.07) is 62.6. The molecule has 4 aliphatic rings. The lowest BCUT2D eigenvalue weighted by Crippen LogP contribution is -2.17. The topological polar surface area (TPSA) is 3.24 Å². The van der Waals surface area contributed by atoms with Gasteiger partial charge in [0, 0.05) is 22.4 Å². The summed E-state index contributed by atoms with van der Waals surface area (Å²) >= 11 is 0. The molecule has 0 heterocycles. The second kappa shape index (κ2) is 14.9. The lowest BCUT2D eigenvalue weighted by atomic mass is 9.81. The van der Waals surface area contributed by atoms with E-state index in [-0.39, 0.29) is 5.41 Å². The Balaban J connectivity index is 1.07. The van der Waals surface area contributed by atoms with Crippen LogP contribution in [0.25, 0.3) is 44.5 Å². The molecule has 3 saturated carbocycles. The molecule has 0 aliphatic heterocycles. The van der Waals surface area contributed by atoms with Crippen LogP contribution in [0.1, 0.15) is 106 Å². The first-order valence-electron chi connectivity index (χ1n) is 22.5. The zero-order valence-electron chi connectivity index (χ0n) is 34.7. The fourth-order valence-electron chi connectivity index (χ4n) is 11.9. The normalized spacial score (nSPS) is 20.3. The maximum atomic E-state index is 2.55. The first-order chi connectivity index (χ1) is 29.0. The molecule has 0 radical (unpaired) electrons. The minimum atomic E-state index is -0.177. The highest BCUT2D eigenvalue weighted by atomic mass is 15.1. The summed E-state index contributed by atoms with van der Waals surface area (Å²) in [7, 11) is 0. The molecule has 1 heteroatoms. The molecule has 0 N–H and O–H groups in total. The van der Waals surface area contributed by atoms with Gasteiger partial charge in [-0.05, 0) is 153 Å². The van der Waals surface area contributed by atoms with Crippen molar-refractivity contribution in [2.75, 3.05) is 4.90 Å². The average molecular weight is 766 g/mol. The summed E-state index contributed by atoms with van der Waals surface area (Å²) in [5, 5.41) is 0. The van der Waals surface area contributed by atoms with Crippen molar-refractivity contribution in [2.24, 2.45) is 11.8 Å². The van der Waals surface area contributed by atoms with Crippen molar-refractivity contribution in [2.45, 2.75) is 88.9 Å². The predicted octanol–water partition coefficient (Wildman–Crippen LogP) is 16.4. The van der Waals surface area contributed by atoms with Gasteiger partial charge in [0.25, 0.3) is 0 Å². The minimum absolute atomic E-state index is 0.177. The number of hydrogen-bond acceptors (Lipinski definition) is 1. The molecule has 0 spiro atoms. The summed E-state index contributed by atoms with van der Waals surface area (Å²) < 4.78 is 0. The first-order valence-corrected chi connectivity index (χ1v) is 22.5. The Bertz CT molecular complexity index is 2610. The standard InChI is InChI=1S/C58H55N/c1-58(2)54-23-13-22-50(42-16-8-4-9-17-42)57(54)53-37-52(43-18-10-5-11-19-43)56(38-55(53)58)59(49-32-28-44(29-33-49)51-35-39-24-25-47(51)34-39)48-30-26-41(27-31-48)46-21-12-20-45(36-46)40-14-6-3-7-15-40/h4-5,8-13,16-23,26-33,36-40,47,51H,3,6-7,14-15,24-25,34-35H2,1-2H3. The molecule has 7 aromatic carbocycles. The zero-order valence-corrected chi connectivity index (χ0v) is 34.7. The van der Waals surface area contributed by atoms with Crippen LogP contribution in [-0.2, 0) is 5.41 Å². The second-order valence-electron chi connectivity index (χ2n) is 18.7. The molecular formula is C58H55N. The summed E-state index contributed by atoms with van der Waals surface area (Å²) in [5.74, 6) is 3.18. The number of rotatable bonds is 8. The Kier molecular flexibility index (Phi) is 9.18. The van der Waals surface area contributed by atoms with E-state index in [1.165, 1.54) is 142 Å².